The van der Waals surface area contributed by atoms with Gasteiger partial charge in [0.05, 0.1) is 7.11 Å². The van der Waals surface area contributed by atoms with Crippen LogP contribution in [0.25, 0.3) is 11.1 Å². The lowest BCUT2D eigenvalue weighted by atomic mass is 10.1. The Bertz CT molecular complexity index is 506. The lowest BCUT2D eigenvalue weighted by Crippen LogP contribution is -2.07. The molecule has 86 valence electrons. The molecular weight excluding hydrogens is 216 g/mol. The quantitative estimate of drug-likeness (QED) is 0.583. The smallest absolute Gasteiger partial charge is 0.437 e. The minimum Gasteiger partial charge on any atom is -0.437 e. The summed E-state index contributed by atoms with van der Waals surface area (Å²) in [6.45, 7) is 0. The van der Waals surface area contributed by atoms with Crippen molar-refractivity contribution in [1.82, 2.24) is 0 Å². The van der Waals surface area contributed by atoms with Gasteiger partial charge in [-0.2, -0.15) is 0 Å². The van der Waals surface area contributed by atoms with Crippen molar-refractivity contribution in [2.45, 2.75) is 0 Å². The average molecular weight is 228 g/mol. The van der Waals surface area contributed by atoms with Gasteiger partial charge in [-0.3, -0.25) is 0 Å². The van der Waals surface area contributed by atoms with E-state index in [2.05, 4.69) is 4.74 Å². The zero-order valence-electron chi connectivity index (χ0n) is 9.42. The summed E-state index contributed by atoms with van der Waals surface area (Å²) in [6, 6.07) is 17.2. The highest BCUT2D eigenvalue weighted by atomic mass is 16.7. The number of ether oxygens (including phenoxy) is 2. The van der Waals surface area contributed by atoms with E-state index in [1.165, 1.54) is 7.11 Å². The van der Waals surface area contributed by atoms with Gasteiger partial charge >= 0.3 is 6.16 Å². The standard InChI is InChI=1S/C14H12O3/c1-16-14(15)17-13-9-5-8-12(10-13)11-6-3-2-4-7-11/h2-10H,1H3. The maximum absolute atomic E-state index is 11.0. The fourth-order valence-electron chi connectivity index (χ4n) is 1.51. The van der Waals surface area contributed by atoms with Crippen molar-refractivity contribution in [1.29, 1.82) is 0 Å². The molecule has 0 N–H and O–H groups in total. The van der Waals surface area contributed by atoms with Gasteiger partial charge in [-0.15, -0.1) is 0 Å². The van der Waals surface area contributed by atoms with Crippen molar-refractivity contribution in [3.63, 3.8) is 0 Å². The minimum atomic E-state index is -0.713. The fourth-order valence-corrected chi connectivity index (χ4v) is 1.51. The number of hydrogen-bond acceptors (Lipinski definition) is 3. The Morgan fingerprint density at radius 3 is 2.35 bits per heavy atom. The second kappa shape index (κ2) is 5.16. The van der Waals surface area contributed by atoms with E-state index >= 15 is 0 Å². The van der Waals surface area contributed by atoms with Crippen LogP contribution in [0.3, 0.4) is 0 Å². The fraction of sp³-hybridized carbons (Fsp3) is 0.0714. The van der Waals surface area contributed by atoms with Gasteiger partial charge in [0.1, 0.15) is 5.75 Å². The Morgan fingerprint density at radius 2 is 1.65 bits per heavy atom. The molecular formula is C14H12O3. The van der Waals surface area contributed by atoms with Crippen molar-refractivity contribution in [3.8, 4) is 16.9 Å². The third-order valence-electron chi connectivity index (χ3n) is 2.31. The monoisotopic (exact) mass is 228 g/mol. The van der Waals surface area contributed by atoms with E-state index in [4.69, 9.17) is 4.74 Å². The third kappa shape index (κ3) is 2.84. The van der Waals surface area contributed by atoms with E-state index in [1.54, 1.807) is 12.1 Å². The van der Waals surface area contributed by atoms with Gasteiger partial charge in [0.2, 0.25) is 0 Å². The molecule has 3 nitrogen and oxygen atoms in total. The molecule has 0 aliphatic carbocycles. The molecule has 0 amide bonds. The summed E-state index contributed by atoms with van der Waals surface area (Å²) >= 11 is 0. The summed E-state index contributed by atoms with van der Waals surface area (Å²) in [7, 11) is 1.28. The van der Waals surface area contributed by atoms with Gasteiger partial charge in [-0.25, -0.2) is 4.79 Å². The molecule has 2 aromatic carbocycles. The third-order valence-corrected chi connectivity index (χ3v) is 2.31. The molecule has 0 atom stereocenters. The Morgan fingerprint density at radius 1 is 0.941 bits per heavy atom. The number of hydrogen-bond donors (Lipinski definition) is 0. The zero-order chi connectivity index (χ0) is 12.1. The van der Waals surface area contributed by atoms with Crippen LogP contribution in [0.15, 0.2) is 54.6 Å². The van der Waals surface area contributed by atoms with Gasteiger partial charge in [0.25, 0.3) is 0 Å². The summed E-state index contributed by atoms with van der Waals surface area (Å²) in [5, 5.41) is 0. The number of carbonyl (C=O) groups is 1. The number of carbonyl (C=O) groups excluding carboxylic acids is 1. The molecule has 0 saturated heterocycles. The Kier molecular flexibility index (Phi) is 3.40. The molecule has 2 rings (SSSR count). The van der Waals surface area contributed by atoms with Gasteiger partial charge in [0, 0.05) is 0 Å². The van der Waals surface area contributed by atoms with Crippen molar-refractivity contribution >= 4 is 6.16 Å². The van der Waals surface area contributed by atoms with Crippen LogP contribution < -0.4 is 4.74 Å². The second-order valence-corrected chi connectivity index (χ2v) is 3.45. The highest BCUT2D eigenvalue weighted by Gasteiger charge is 2.04. The molecule has 0 bridgehead atoms. The first-order chi connectivity index (χ1) is 8.29. The maximum Gasteiger partial charge on any atom is 0.513 e. The lowest BCUT2D eigenvalue weighted by Gasteiger charge is -2.05. The van der Waals surface area contributed by atoms with Crippen LogP contribution in [-0.4, -0.2) is 13.3 Å². The molecule has 0 saturated carbocycles. The molecule has 0 heterocycles. The van der Waals surface area contributed by atoms with Crippen molar-refractivity contribution in [2.24, 2.45) is 0 Å². The van der Waals surface area contributed by atoms with E-state index in [9.17, 15) is 4.79 Å². The zero-order valence-corrected chi connectivity index (χ0v) is 9.42. The summed E-state index contributed by atoms with van der Waals surface area (Å²) in [5.41, 5.74) is 2.06. The van der Waals surface area contributed by atoms with Crippen LogP contribution in [0.1, 0.15) is 0 Å². The molecule has 17 heavy (non-hydrogen) atoms. The minimum absolute atomic E-state index is 0.471. The number of rotatable bonds is 2. The molecule has 2 aromatic rings. The van der Waals surface area contributed by atoms with Gasteiger partial charge in [-0.05, 0) is 23.3 Å². The highest BCUT2D eigenvalue weighted by molar-refractivity contribution is 5.68. The number of methoxy groups -OCH3 is 1. The first-order valence-electron chi connectivity index (χ1n) is 5.21. The predicted molar refractivity (Wildman–Crippen MR) is 64.9 cm³/mol. The Hall–Kier alpha value is -2.29. The Balaban J connectivity index is 2.26. The molecule has 0 unspecified atom stereocenters. The SMILES string of the molecule is COC(=O)Oc1cccc(-c2ccccc2)c1. The molecule has 0 fully saturated rings. The van der Waals surface area contributed by atoms with Crippen molar-refractivity contribution in [2.75, 3.05) is 7.11 Å². The molecule has 0 radical (unpaired) electrons. The highest BCUT2D eigenvalue weighted by Crippen LogP contribution is 2.23. The molecule has 0 spiro atoms. The topological polar surface area (TPSA) is 35.5 Å². The molecule has 3 heteroatoms. The van der Waals surface area contributed by atoms with Gasteiger partial charge in [0.15, 0.2) is 0 Å². The van der Waals surface area contributed by atoms with E-state index in [1.807, 2.05) is 42.5 Å². The van der Waals surface area contributed by atoms with Crippen LogP contribution in [0.4, 0.5) is 4.79 Å². The van der Waals surface area contributed by atoms with Crippen LogP contribution in [0, 0.1) is 0 Å². The molecule has 0 aliphatic rings. The molecule has 0 aromatic heterocycles. The Labute approximate surface area is 99.6 Å². The van der Waals surface area contributed by atoms with E-state index < -0.39 is 6.16 Å². The predicted octanol–water partition coefficient (Wildman–Crippen LogP) is 3.50. The van der Waals surface area contributed by atoms with Crippen LogP contribution in [0.2, 0.25) is 0 Å². The van der Waals surface area contributed by atoms with Crippen LogP contribution in [0.5, 0.6) is 5.75 Å². The van der Waals surface area contributed by atoms with Gasteiger partial charge < -0.3 is 9.47 Å². The number of benzene rings is 2. The maximum atomic E-state index is 11.0. The second-order valence-electron chi connectivity index (χ2n) is 3.45. The largest absolute Gasteiger partial charge is 0.513 e. The van der Waals surface area contributed by atoms with E-state index in [0.29, 0.717) is 5.75 Å². The normalized spacial score (nSPS) is 9.71. The average Bonchev–Trinajstić information content (AvgIpc) is 2.40. The van der Waals surface area contributed by atoms with Crippen molar-refractivity contribution in [3.05, 3.63) is 54.6 Å². The molecule has 0 aliphatic heterocycles. The first-order valence-corrected chi connectivity index (χ1v) is 5.21. The van der Waals surface area contributed by atoms with Crippen LogP contribution >= 0.6 is 0 Å². The lowest BCUT2D eigenvalue weighted by molar-refractivity contribution is 0.121. The van der Waals surface area contributed by atoms with Crippen molar-refractivity contribution < 1.29 is 14.3 Å². The summed E-state index contributed by atoms with van der Waals surface area (Å²) < 4.78 is 9.40. The first kappa shape index (κ1) is 11.2. The summed E-state index contributed by atoms with van der Waals surface area (Å²) in [5.74, 6) is 0.471. The summed E-state index contributed by atoms with van der Waals surface area (Å²) in [6.07, 6.45) is -0.713. The van der Waals surface area contributed by atoms with E-state index in [0.717, 1.165) is 11.1 Å². The van der Waals surface area contributed by atoms with Gasteiger partial charge in [-0.1, -0.05) is 42.5 Å². The van der Waals surface area contributed by atoms with Crippen LogP contribution in [-0.2, 0) is 4.74 Å². The van der Waals surface area contributed by atoms with E-state index in [-0.39, 0.29) is 0 Å². The summed E-state index contributed by atoms with van der Waals surface area (Å²) in [4.78, 5) is 11.0.